The third-order valence-corrected chi connectivity index (χ3v) is 8.08. The maximum atomic E-state index is 14.1. The maximum absolute atomic E-state index is 14.1. The number of ketones is 1. The molecule has 0 bridgehead atoms. The zero-order valence-electron chi connectivity index (χ0n) is 22.0. The zero-order chi connectivity index (χ0) is 30.3. The van der Waals surface area contributed by atoms with Crippen molar-refractivity contribution < 1.29 is 41.1 Å². The number of rotatable bonds is 7. The highest BCUT2D eigenvalue weighted by molar-refractivity contribution is 7.90. The summed E-state index contributed by atoms with van der Waals surface area (Å²) in [6.07, 6.45) is -3.94. The monoisotopic (exact) mass is 590 g/mol. The summed E-state index contributed by atoms with van der Waals surface area (Å²) in [6, 6.07) is 7.17. The van der Waals surface area contributed by atoms with Gasteiger partial charge >= 0.3 is 12.2 Å². The van der Waals surface area contributed by atoms with E-state index in [4.69, 9.17) is 0 Å². The van der Waals surface area contributed by atoms with Crippen LogP contribution in [-0.2, 0) is 25.6 Å². The number of aliphatic hydroxyl groups is 1. The van der Waals surface area contributed by atoms with Crippen LogP contribution >= 0.6 is 0 Å². The van der Waals surface area contributed by atoms with Crippen LogP contribution in [0.15, 0.2) is 58.6 Å². The van der Waals surface area contributed by atoms with Gasteiger partial charge in [-0.1, -0.05) is 12.1 Å². The molecule has 4 rings (SSSR count). The van der Waals surface area contributed by atoms with Crippen LogP contribution in [0.25, 0.3) is 0 Å². The molecular weight excluding hydrogens is 565 g/mol. The lowest BCUT2D eigenvalue weighted by Crippen LogP contribution is -2.53. The molecule has 0 saturated heterocycles. The van der Waals surface area contributed by atoms with Crippen molar-refractivity contribution in [2.75, 3.05) is 37.9 Å². The maximum Gasteiger partial charge on any atom is 0.416 e. The Labute approximate surface area is 233 Å². The minimum atomic E-state index is -4.73. The Hall–Kier alpha value is -4.22. The minimum Gasteiger partial charge on any atom is -0.395 e. The molecule has 1 N–H and O–H groups in total. The van der Waals surface area contributed by atoms with Crippen LogP contribution < -0.4 is 4.90 Å². The summed E-state index contributed by atoms with van der Waals surface area (Å²) in [4.78, 5) is 43.2. The smallest absolute Gasteiger partial charge is 0.395 e. The molecule has 14 heteroatoms. The Kier molecular flexibility index (Phi) is 7.97. The predicted molar refractivity (Wildman–Crippen MR) is 139 cm³/mol. The average molecular weight is 591 g/mol. The normalized spacial score (nSPS) is 17.5. The van der Waals surface area contributed by atoms with Crippen molar-refractivity contribution in [3.8, 4) is 6.07 Å². The second kappa shape index (κ2) is 11.0. The first-order valence-corrected chi connectivity index (χ1v) is 14.2. The molecule has 41 heavy (non-hydrogen) atoms. The molecule has 2 aromatic rings. The van der Waals surface area contributed by atoms with Gasteiger partial charge in [-0.15, -0.1) is 0 Å². The molecule has 1 aliphatic heterocycles. The first-order valence-electron chi connectivity index (χ1n) is 12.3. The van der Waals surface area contributed by atoms with Gasteiger partial charge in [-0.05, 0) is 42.3 Å². The molecule has 1 unspecified atom stereocenters. The standard InChI is InChI=1S/C27H25F3N4O6S/c1-32(10-11-35)23(37)15-33-25(19-7-6-16(14-31)12-22(19)41(2,39)40)24-20(8-9-21(24)36)34(26(33)38)18-5-3-4-17(13-18)27(28,29)30/h3-7,12-13,25,35H,8-11,15H2,1-2H3. The summed E-state index contributed by atoms with van der Waals surface area (Å²) in [5.41, 5.74) is -1.19. The number of likely N-dealkylation sites (N-methyl/N-ethyl adjacent to an activating group) is 1. The quantitative estimate of drug-likeness (QED) is 0.523. The lowest BCUT2D eigenvalue weighted by atomic mass is 9.92. The van der Waals surface area contributed by atoms with E-state index >= 15 is 0 Å². The van der Waals surface area contributed by atoms with E-state index in [1.54, 1.807) is 0 Å². The fraction of sp³-hybridized carbons (Fsp3) is 0.333. The van der Waals surface area contributed by atoms with Gasteiger partial charge < -0.3 is 14.9 Å². The van der Waals surface area contributed by atoms with Crippen LogP contribution in [0.2, 0.25) is 0 Å². The number of sulfone groups is 1. The number of nitriles is 1. The molecule has 3 amide bonds. The minimum absolute atomic E-state index is 0.000778. The van der Waals surface area contributed by atoms with Gasteiger partial charge in [0.1, 0.15) is 6.54 Å². The van der Waals surface area contributed by atoms with Crippen LogP contribution in [0.5, 0.6) is 0 Å². The third-order valence-electron chi connectivity index (χ3n) is 6.93. The first kappa shape index (κ1) is 29.8. The van der Waals surface area contributed by atoms with E-state index in [0.717, 1.165) is 45.2 Å². The molecule has 0 fully saturated rings. The second-order valence-corrected chi connectivity index (χ2v) is 11.6. The Morgan fingerprint density at radius 2 is 1.88 bits per heavy atom. The highest BCUT2D eigenvalue weighted by Gasteiger charge is 2.48. The molecule has 0 saturated carbocycles. The van der Waals surface area contributed by atoms with Gasteiger partial charge in [0.15, 0.2) is 15.6 Å². The van der Waals surface area contributed by atoms with E-state index < -0.39 is 58.5 Å². The number of Topliss-reactive ketones (excluding diaryl/α,β-unsaturated/α-hetero) is 1. The summed E-state index contributed by atoms with van der Waals surface area (Å²) < 4.78 is 66.3. The van der Waals surface area contributed by atoms with Crippen molar-refractivity contribution in [1.29, 1.82) is 5.26 Å². The van der Waals surface area contributed by atoms with Gasteiger partial charge in [0, 0.05) is 37.5 Å². The van der Waals surface area contributed by atoms with Crippen LogP contribution in [0.1, 0.15) is 35.6 Å². The molecular formula is C27H25F3N4O6S. The van der Waals surface area contributed by atoms with Gasteiger partial charge in [-0.25, -0.2) is 13.2 Å². The Bertz CT molecular complexity index is 1610. The van der Waals surface area contributed by atoms with Crippen molar-refractivity contribution in [2.45, 2.75) is 30.0 Å². The SMILES string of the molecule is CN(CCO)C(=O)CN1C(=O)N(c2cccc(C(F)(F)F)c2)C2=C(C(=O)CC2)C1c1ccc(C#N)cc1S(C)(=O)=O. The fourth-order valence-electron chi connectivity index (χ4n) is 4.98. The van der Waals surface area contributed by atoms with Gasteiger partial charge in [-0.3, -0.25) is 14.5 Å². The predicted octanol–water partition coefficient (Wildman–Crippen LogP) is 3.03. The number of benzene rings is 2. The van der Waals surface area contributed by atoms with Crippen molar-refractivity contribution >= 4 is 33.2 Å². The van der Waals surface area contributed by atoms with Gasteiger partial charge in [0.2, 0.25) is 5.91 Å². The van der Waals surface area contributed by atoms with Crippen molar-refractivity contribution in [1.82, 2.24) is 9.80 Å². The molecule has 0 spiro atoms. The van der Waals surface area contributed by atoms with E-state index in [1.165, 1.54) is 25.2 Å². The highest BCUT2D eigenvalue weighted by atomic mass is 32.2. The molecule has 1 heterocycles. The summed E-state index contributed by atoms with van der Waals surface area (Å²) in [5, 5.41) is 18.6. The van der Waals surface area contributed by atoms with E-state index in [9.17, 15) is 46.3 Å². The van der Waals surface area contributed by atoms with Crippen LogP contribution in [-0.4, -0.2) is 74.0 Å². The van der Waals surface area contributed by atoms with Crippen LogP contribution in [0.4, 0.5) is 23.7 Å². The molecule has 1 aliphatic carbocycles. The van der Waals surface area contributed by atoms with Gasteiger partial charge in [0.05, 0.1) is 40.4 Å². The first-order chi connectivity index (χ1) is 19.2. The Balaban J connectivity index is 2.00. The summed E-state index contributed by atoms with van der Waals surface area (Å²) in [7, 11) is -2.67. The van der Waals surface area contributed by atoms with Crippen molar-refractivity contribution in [3.63, 3.8) is 0 Å². The number of aliphatic hydroxyl groups excluding tert-OH is 1. The van der Waals surface area contributed by atoms with Gasteiger partial charge in [-0.2, -0.15) is 18.4 Å². The Morgan fingerprint density at radius 1 is 1.17 bits per heavy atom. The molecule has 0 aromatic heterocycles. The topological polar surface area (TPSA) is 139 Å². The number of anilines is 1. The van der Waals surface area contributed by atoms with E-state index in [-0.39, 0.29) is 52.4 Å². The van der Waals surface area contributed by atoms with E-state index in [2.05, 4.69) is 0 Å². The lowest BCUT2D eigenvalue weighted by Gasteiger charge is -2.42. The molecule has 2 aliphatic rings. The number of halogens is 3. The molecule has 216 valence electrons. The highest BCUT2D eigenvalue weighted by Crippen LogP contribution is 2.47. The van der Waals surface area contributed by atoms with E-state index in [1.807, 2.05) is 6.07 Å². The number of amides is 3. The number of hydrogen-bond donors (Lipinski definition) is 1. The summed E-state index contributed by atoms with van der Waals surface area (Å²) in [6.45, 7) is -1.18. The molecule has 10 nitrogen and oxygen atoms in total. The average Bonchev–Trinajstić information content (AvgIpc) is 3.28. The van der Waals surface area contributed by atoms with Crippen LogP contribution in [0.3, 0.4) is 0 Å². The largest absolute Gasteiger partial charge is 0.416 e. The fourth-order valence-corrected chi connectivity index (χ4v) is 5.93. The van der Waals surface area contributed by atoms with Gasteiger partial charge in [0.25, 0.3) is 0 Å². The van der Waals surface area contributed by atoms with Crippen molar-refractivity contribution in [3.05, 3.63) is 70.4 Å². The number of allylic oxidation sites excluding steroid dienone is 1. The number of carbonyl (C=O) groups is 3. The summed E-state index contributed by atoms with van der Waals surface area (Å²) in [5.74, 6) is -1.15. The molecule has 1 atom stereocenters. The zero-order valence-corrected chi connectivity index (χ0v) is 22.8. The summed E-state index contributed by atoms with van der Waals surface area (Å²) >= 11 is 0. The van der Waals surface area contributed by atoms with Crippen molar-refractivity contribution in [2.24, 2.45) is 0 Å². The third kappa shape index (κ3) is 5.68. The number of carbonyl (C=O) groups excluding carboxylic acids is 3. The van der Waals surface area contributed by atoms with E-state index in [0.29, 0.717) is 0 Å². The number of nitrogens with zero attached hydrogens (tertiary/aromatic N) is 4. The number of hydrogen-bond acceptors (Lipinski definition) is 7. The number of alkyl halides is 3. The molecule has 2 aromatic carbocycles. The van der Waals surface area contributed by atoms with Crippen LogP contribution in [0, 0.1) is 11.3 Å². The second-order valence-electron chi connectivity index (χ2n) is 9.66. The Morgan fingerprint density at radius 3 is 2.49 bits per heavy atom. The lowest BCUT2D eigenvalue weighted by molar-refractivity contribution is -0.137. The molecule has 0 radical (unpaired) electrons. The number of urea groups is 1.